The highest BCUT2D eigenvalue weighted by Gasteiger charge is 2.16. The first kappa shape index (κ1) is 15.7. The Labute approximate surface area is 116 Å². The number of nitrogens with two attached hydrogens (primary N) is 1. The fourth-order valence-electron chi connectivity index (χ4n) is 2.03. The lowest BCUT2D eigenvalue weighted by Gasteiger charge is -2.27. The monoisotopic (exact) mass is 265 g/mol. The summed E-state index contributed by atoms with van der Waals surface area (Å²) in [5.74, 6) is 8.76. The van der Waals surface area contributed by atoms with Crippen molar-refractivity contribution in [1.82, 2.24) is 9.97 Å². The number of nitrogens with zero attached hydrogens (tertiary/aromatic N) is 3. The largest absolute Gasteiger partial charge is 0.356 e. The topological polar surface area (TPSA) is 67.1 Å². The maximum atomic E-state index is 5.55. The fraction of sp³-hybridized carbons (Fsp3) is 0.714. The molecule has 1 rings (SSSR count). The molecule has 3 N–H and O–H groups in total. The fourth-order valence-corrected chi connectivity index (χ4v) is 2.03. The van der Waals surface area contributed by atoms with Crippen LogP contribution in [0.1, 0.15) is 45.5 Å². The molecule has 5 nitrogen and oxygen atoms in total. The molecule has 19 heavy (non-hydrogen) atoms. The van der Waals surface area contributed by atoms with Crippen molar-refractivity contribution < 1.29 is 0 Å². The van der Waals surface area contributed by atoms with Crippen molar-refractivity contribution in [2.24, 2.45) is 11.8 Å². The molecule has 0 aromatic carbocycles. The second-order valence-corrected chi connectivity index (χ2v) is 4.99. The molecule has 0 spiro atoms. The van der Waals surface area contributed by atoms with Crippen LogP contribution in [0.2, 0.25) is 0 Å². The molecular weight excluding hydrogens is 238 g/mol. The summed E-state index contributed by atoms with van der Waals surface area (Å²) >= 11 is 0. The van der Waals surface area contributed by atoms with Gasteiger partial charge >= 0.3 is 0 Å². The summed E-state index contributed by atoms with van der Waals surface area (Å²) in [7, 11) is 0. The van der Waals surface area contributed by atoms with Crippen LogP contribution in [-0.4, -0.2) is 23.1 Å². The predicted molar refractivity (Wildman–Crippen MR) is 81.3 cm³/mol. The average molecular weight is 265 g/mol. The van der Waals surface area contributed by atoms with Crippen LogP contribution in [0.15, 0.2) is 0 Å². The zero-order valence-corrected chi connectivity index (χ0v) is 12.8. The van der Waals surface area contributed by atoms with Crippen molar-refractivity contribution in [2.75, 3.05) is 23.4 Å². The first-order valence-electron chi connectivity index (χ1n) is 7.16. The van der Waals surface area contributed by atoms with Crippen molar-refractivity contribution >= 4 is 11.6 Å². The number of hydrogen-bond acceptors (Lipinski definition) is 5. The highest BCUT2D eigenvalue weighted by molar-refractivity contribution is 5.58. The van der Waals surface area contributed by atoms with Gasteiger partial charge in [-0.2, -0.15) is 0 Å². The maximum absolute atomic E-state index is 5.55. The van der Waals surface area contributed by atoms with E-state index in [9.17, 15) is 0 Å². The van der Waals surface area contributed by atoms with Gasteiger partial charge in [0.1, 0.15) is 17.5 Å². The van der Waals surface area contributed by atoms with E-state index < -0.39 is 0 Å². The third-order valence-corrected chi connectivity index (χ3v) is 3.53. The van der Waals surface area contributed by atoms with Crippen LogP contribution >= 0.6 is 0 Å². The van der Waals surface area contributed by atoms with Gasteiger partial charge in [0.15, 0.2) is 0 Å². The average Bonchev–Trinajstić information content (AvgIpc) is 2.44. The first-order chi connectivity index (χ1) is 9.07. The molecule has 0 saturated heterocycles. The van der Waals surface area contributed by atoms with E-state index in [1.165, 1.54) is 6.42 Å². The molecule has 1 heterocycles. The van der Waals surface area contributed by atoms with Gasteiger partial charge in [0, 0.05) is 25.1 Å². The number of hydrogen-bond donors (Lipinski definition) is 2. The Morgan fingerprint density at radius 3 is 2.42 bits per heavy atom. The molecule has 0 aliphatic heterocycles. The molecule has 108 valence electrons. The standard InChI is InChI=1S/C14H27N5/c1-6-10(4)9-19(8-3)14-11(5)13(18-15)16-12(7-2)17-14/h10H,6-9,15H2,1-5H3,(H,16,17,18). The van der Waals surface area contributed by atoms with Crippen LogP contribution in [0.25, 0.3) is 0 Å². The number of hydrazine groups is 1. The summed E-state index contributed by atoms with van der Waals surface area (Å²) < 4.78 is 0. The quantitative estimate of drug-likeness (QED) is 0.585. The summed E-state index contributed by atoms with van der Waals surface area (Å²) in [5.41, 5.74) is 3.70. The van der Waals surface area contributed by atoms with E-state index in [2.05, 4.69) is 48.0 Å². The Morgan fingerprint density at radius 2 is 1.95 bits per heavy atom. The SMILES string of the molecule is CCc1nc(NN)c(C)c(N(CC)CC(C)CC)n1. The lowest BCUT2D eigenvalue weighted by molar-refractivity contribution is 0.544. The van der Waals surface area contributed by atoms with Crippen LogP contribution in [0.4, 0.5) is 11.6 Å². The Balaban J connectivity index is 3.14. The van der Waals surface area contributed by atoms with Crippen LogP contribution in [0, 0.1) is 12.8 Å². The molecule has 0 bridgehead atoms. The summed E-state index contributed by atoms with van der Waals surface area (Å²) in [6.07, 6.45) is 1.98. The summed E-state index contributed by atoms with van der Waals surface area (Å²) in [5, 5.41) is 0. The lowest BCUT2D eigenvalue weighted by Crippen LogP contribution is -2.30. The van der Waals surface area contributed by atoms with Crippen molar-refractivity contribution in [3.8, 4) is 0 Å². The van der Waals surface area contributed by atoms with Gasteiger partial charge in [-0.1, -0.05) is 27.2 Å². The van der Waals surface area contributed by atoms with Crippen molar-refractivity contribution in [3.63, 3.8) is 0 Å². The third-order valence-electron chi connectivity index (χ3n) is 3.53. The smallest absolute Gasteiger partial charge is 0.148 e. The molecule has 0 fully saturated rings. The minimum Gasteiger partial charge on any atom is -0.356 e. The summed E-state index contributed by atoms with van der Waals surface area (Å²) in [4.78, 5) is 11.4. The highest BCUT2D eigenvalue weighted by Crippen LogP contribution is 2.24. The Morgan fingerprint density at radius 1 is 1.26 bits per heavy atom. The first-order valence-corrected chi connectivity index (χ1v) is 7.16. The van der Waals surface area contributed by atoms with E-state index in [0.29, 0.717) is 5.92 Å². The molecule has 1 unspecified atom stereocenters. The number of nitrogen functional groups attached to an aromatic ring is 1. The van der Waals surface area contributed by atoms with Crippen molar-refractivity contribution in [2.45, 2.75) is 47.5 Å². The molecule has 0 aliphatic rings. The molecule has 1 aromatic heterocycles. The summed E-state index contributed by atoms with van der Waals surface area (Å²) in [6.45, 7) is 12.7. The number of rotatable bonds is 7. The minimum atomic E-state index is 0.647. The molecule has 0 aliphatic carbocycles. The van der Waals surface area contributed by atoms with Crippen LogP contribution < -0.4 is 16.2 Å². The van der Waals surface area contributed by atoms with Gasteiger partial charge in [-0.25, -0.2) is 15.8 Å². The Kier molecular flexibility index (Phi) is 6.02. The van der Waals surface area contributed by atoms with E-state index in [-0.39, 0.29) is 0 Å². The van der Waals surface area contributed by atoms with Gasteiger partial charge < -0.3 is 10.3 Å². The van der Waals surface area contributed by atoms with E-state index in [1.54, 1.807) is 0 Å². The number of nitrogens with one attached hydrogen (secondary N) is 1. The van der Waals surface area contributed by atoms with Crippen LogP contribution in [0.5, 0.6) is 0 Å². The lowest BCUT2D eigenvalue weighted by atomic mass is 10.1. The molecular formula is C14H27N5. The predicted octanol–water partition coefficient (Wildman–Crippen LogP) is 2.51. The molecule has 5 heteroatoms. The van der Waals surface area contributed by atoms with E-state index in [1.807, 2.05) is 6.92 Å². The molecule has 0 saturated carbocycles. The van der Waals surface area contributed by atoms with Gasteiger partial charge in [-0.3, -0.25) is 0 Å². The highest BCUT2D eigenvalue weighted by atomic mass is 15.3. The van der Waals surface area contributed by atoms with E-state index in [4.69, 9.17) is 5.84 Å². The second-order valence-electron chi connectivity index (χ2n) is 4.99. The molecule has 1 aromatic rings. The van der Waals surface area contributed by atoms with Gasteiger partial charge in [0.05, 0.1) is 0 Å². The maximum Gasteiger partial charge on any atom is 0.148 e. The van der Waals surface area contributed by atoms with Gasteiger partial charge in [0.2, 0.25) is 0 Å². The third kappa shape index (κ3) is 3.80. The van der Waals surface area contributed by atoms with Crippen molar-refractivity contribution in [3.05, 3.63) is 11.4 Å². The zero-order valence-electron chi connectivity index (χ0n) is 12.8. The number of anilines is 2. The zero-order chi connectivity index (χ0) is 14.4. The van der Waals surface area contributed by atoms with E-state index >= 15 is 0 Å². The normalized spacial score (nSPS) is 12.3. The molecule has 1 atom stereocenters. The van der Waals surface area contributed by atoms with Gasteiger partial charge in [0.25, 0.3) is 0 Å². The number of aromatic nitrogens is 2. The number of aryl methyl sites for hydroxylation is 1. The van der Waals surface area contributed by atoms with Gasteiger partial charge in [-0.15, -0.1) is 0 Å². The van der Waals surface area contributed by atoms with Gasteiger partial charge in [-0.05, 0) is 19.8 Å². The molecule has 0 amide bonds. The Hall–Kier alpha value is -1.36. The van der Waals surface area contributed by atoms with Crippen LogP contribution in [0.3, 0.4) is 0 Å². The molecule has 0 radical (unpaired) electrons. The van der Waals surface area contributed by atoms with E-state index in [0.717, 1.165) is 42.5 Å². The summed E-state index contributed by atoms with van der Waals surface area (Å²) in [6, 6.07) is 0. The minimum absolute atomic E-state index is 0.647. The van der Waals surface area contributed by atoms with Crippen molar-refractivity contribution in [1.29, 1.82) is 0 Å². The Bertz CT molecular complexity index is 405. The second kappa shape index (κ2) is 7.28. The van der Waals surface area contributed by atoms with Crippen LogP contribution in [-0.2, 0) is 6.42 Å².